The highest BCUT2D eigenvalue weighted by Gasteiger charge is 2.43. The number of pyridine rings is 1. The van der Waals surface area contributed by atoms with Crippen molar-refractivity contribution in [3.63, 3.8) is 0 Å². The highest BCUT2D eigenvalue weighted by molar-refractivity contribution is 6.09. The zero-order valence-corrected chi connectivity index (χ0v) is 18.3. The first-order chi connectivity index (χ1) is 15.5. The molecule has 0 aliphatic carbocycles. The molecule has 0 saturated heterocycles. The number of hydrogen-bond acceptors (Lipinski definition) is 4. The molecule has 1 aliphatic heterocycles. The Hall–Kier alpha value is -3.73. The number of carbonyl (C=O) groups is 2. The van der Waals surface area contributed by atoms with Gasteiger partial charge >= 0.3 is 0 Å². The molecule has 0 spiro atoms. The maximum atomic E-state index is 13.3. The molecule has 0 bridgehead atoms. The standard InChI is InChI=1S/C27H26N2O3/c1-18-10-11-19(2)22(15-18)17-29-25(21-9-6-14-28-16-21)24(26(31)27(29)32)23(30)13-12-20-7-4-3-5-8-20/h3-11,14-16,25,31H,12-13,17H2,1-2H3. The molecule has 1 amide bonds. The molecule has 0 radical (unpaired) electrons. The minimum atomic E-state index is -0.667. The number of hydrogen-bond donors (Lipinski definition) is 1. The normalized spacial score (nSPS) is 16.0. The number of benzene rings is 2. The van der Waals surface area contributed by atoms with Crippen molar-refractivity contribution < 1.29 is 14.7 Å². The lowest BCUT2D eigenvalue weighted by atomic mass is 9.93. The quantitative estimate of drug-likeness (QED) is 0.589. The van der Waals surface area contributed by atoms with Gasteiger partial charge in [-0.3, -0.25) is 14.6 Å². The van der Waals surface area contributed by atoms with Crippen LogP contribution in [0.15, 0.2) is 84.4 Å². The summed E-state index contributed by atoms with van der Waals surface area (Å²) in [4.78, 5) is 32.1. The van der Waals surface area contributed by atoms with E-state index in [0.29, 0.717) is 18.5 Å². The zero-order valence-electron chi connectivity index (χ0n) is 18.3. The Balaban J connectivity index is 1.67. The van der Waals surface area contributed by atoms with E-state index < -0.39 is 17.7 Å². The van der Waals surface area contributed by atoms with Crippen molar-refractivity contribution >= 4 is 11.7 Å². The molecule has 32 heavy (non-hydrogen) atoms. The number of nitrogens with zero attached hydrogens (tertiary/aromatic N) is 2. The lowest BCUT2D eigenvalue weighted by Crippen LogP contribution is -2.31. The van der Waals surface area contributed by atoms with E-state index in [2.05, 4.69) is 4.98 Å². The van der Waals surface area contributed by atoms with Crippen molar-refractivity contribution in [2.24, 2.45) is 0 Å². The molecule has 1 atom stereocenters. The van der Waals surface area contributed by atoms with E-state index in [4.69, 9.17) is 0 Å². The summed E-state index contributed by atoms with van der Waals surface area (Å²) in [6.45, 7) is 4.29. The maximum Gasteiger partial charge on any atom is 0.290 e. The van der Waals surface area contributed by atoms with Gasteiger partial charge in [-0.2, -0.15) is 0 Å². The largest absolute Gasteiger partial charge is 0.503 e. The van der Waals surface area contributed by atoms with Crippen LogP contribution in [0.2, 0.25) is 0 Å². The second-order valence-corrected chi connectivity index (χ2v) is 8.22. The van der Waals surface area contributed by atoms with E-state index in [0.717, 1.165) is 22.3 Å². The summed E-state index contributed by atoms with van der Waals surface area (Å²) < 4.78 is 0. The highest BCUT2D eigenvalue weighted by Crippen LogP contribution is 2.39. The number of ketones is 1. The average Bonchev–Trinajstić information content (AvgIpc) is 3.06. The van der Waals surface area contributed by atoms with Crippen LogP contribution in [-0.4, -0.2) is 26.7 Å². The van der Waals surface area contributed by atoms with E-state index >= 15 is 0 Å². The Morgan fingerprint density at radius 3 is 2.56 bits per heavy atom. The van der Waals surface area contributed by atoms with Crippen molar-refractivity contribution in [3.8, 4) is 0 Å². The Morgan fingerprint density at radius 1 is 1.06 bits per heavy atom. The van der Waals surface area contributed by atoms with Crippen LogP contribution in [0.1, 0.15) is 40.3 Å². The van der Waals surface area contributed by atoms with Gasteiger partial charge < -0.3 is 10.0 Å². The average molecular weight is 427 g/mol. The third kappa shape index (κ3) is 4.33. The fraction of sp³-hybridized carbons (Fsp3) is 0.222. The van der Waals surface area contributed by atoms with Gasteiger partial charge in [0.15, 0.2) is 11.5 Å². The molecule has 2 aromatic carbocycles. The lowest BCUT2D eigenvalue weighted by Gasteiger charge is -2.27. The van der Waals surface area contributed by atoms with E-state index in [1.807, 2.05) is 68.4 Å². The highest BCUT2D eigenvalue weighted by atomic mass is 16.3. The van der Waals surface area contributed by atoms with E-state index in [-0.39, 0.29) is 17.8 Å². The molecule has 4 rings (SSSR count). The summed E-state index contributed by atoms with van der Waals surface area (Å²) in [7, 11) is 0. The van der Waals surface area contributed by atoms with Gasteiger partial charge in [0.25, 0.3) is 5.91 Å². The first-order valence-corrected chi connectivity index (χ1v) is 10.7. The first kappa shape index (κ1) is 21.5. The van der Waals surface area contributed by atoms with Crippen LogP contribution in [0.3, 0.4) is 0 Å². The van der Waals surface area contributed by atoms with E-state index in [1.165, 1.54) is 0 Å². The predicted octanol–water partition coefficient (Wildman–Crippen LogP) is 4.80. The SMILES string of the molecule is Cc1ccc(C)c(CN2C(=O)C(O)=C(C(=O)CCc3ccccc3)C2c2cccnc2)c1. The van der Waals surface area contributed by atoms with Crippen molar-refractivity contribution in [2.45, 2.75) is 39.3 Å². The number of aliphatic hydroxyl groups excluding tert-OH is 1. The second-order valence-electron chi connectivity index (χ2n) is 8.22. The molecule has 162 valence electrons. The van der Waals surface area contributed by atoms with Crippen LogP contribution in [0, 0.1) is 13.8 Å². The molecule has 1 aliphatic rings. The van der Waals surface area contributed by atoms with Crippen molar-refractivity contribution in [3.05, 3.63) is 112 Å². The molecule has 1 N–H and O–H groups in total. The predicted molar refractivity (Wildman–Crippen MR) is 123 cm³/mol. The Labute approximate surface area is 188 Å². The molecule has 5 nitrogen and oxygen atoms in total. The molecule has 2 heterocycles. The minimum Gasteiger partial charge on any atom is -0.503 e. The molecular formula is C27H26N2O3. The molecular weight excluding hydrogens is 400 g/mol. The van der Waals surface area contributed by atoms with Crippen LogP contribution in [-0.2, 0) is 22.6 Å². The fourth-order valence-corrected chi connectivity index (χ4v) is 4.18. The number of Topliss-reactive ketones (excluding diaryl/α,β-unsaturated/α-hetero) is 1. The maximum absolute atomic E-state index is 13.3. The fourth-order valence-electron chi connectivity index (χ4n) is 4.18. The van der Waals surface area contributed by atoms with Gasteiger partial charge in [0.2, 0.25) is 0 Å². The number of amides is 1. The van der Waals surface area contributed by atoms with Gasteiger partial charge in [-0.1, -0.05) is 60.2 Å². The van der Waals surface area contributed by atoms with Gasteiger partial charge in [0.1, 0.15) is 0 Å². The number of aromatic nitrogens is 1. The molecule has 3 aromatic rings. The van der Waals surface area contributed by atoms with Crippen LogP contribution in [0.25, 0.3) is 0 Å². The molecule has 0 fully saturated rings. The van der Waals surface area contributed by atoms with E-state index in [9.17, 15) is 14.7 Å². The summed E-state index contributed by atoms with van der Waals surface area (Å²) >= 11 is 0. The lowest BCUT2D eigenvalue weighted by molar-refractivity contribution is -0.130. The van der Waals surface area contributed by atoms with Crippen LogP contribution >= 0.6 is 0 Å². The third-order valence-electron chi connectivity index (χ3n) is 5.93. The number of aryl methyl sites for hydroxylation is 3. The first-order valence-electron chi connectivity index (χ1n) is 10.7. The number of aliphatic hydroxyl groups is 1. The monoisotopic (exact) mass is 426 g/mol. The second kappa shape index (κ2) is 9.18. The van der Waals surface area contributed by atoms with Crippen molar-refractivity contribution in [1.29, 1.82) is 0 Å². The summed E-state index contributed by atoms with van der Waals surface area (Å²) in [6, 6.07) is 18.7. The van der Waals surface area contributed by atoms with E-state index in [1.54, 1.807) is 23.4 Å². The summed E-state index contributed by atoms with van der Waals surface area (Å²) in [5.74, 6) is -1.21. The summed E-state index contributed by atoms with van der Waals surface area (Å²) in [6.07, 6.45) is 4.05. The zero-order chi connectivity index (χ0) is 22.7. The Kier molecular flexibility index (Phi) is 6.17. The third-order valence-corrected chi connectivity index (χ3v) is 5.93. The molecule has 1 aromatic heterocycles. The van der Waals surface area contributed by atoms with Crippen LogP contribution in [0.4, 0.5) is 0 Å². The van der Waals surface area contributed by atoms with Crippen LogP contribution < -0.4 is 0 Å². The van der Waals surface area contributed by atoms with Gasteiger partial charge in [0, 0.05) is 25.4 Å². The summed E-state index contributed by atoms with van der Waals surface area (Å²) in [5, 5.41) is 10.8. The minimum absolute atomic E-state index is 0.157. The van der Waals surface area contributed by atoms with Gasteiger partial charge in [-0.15, -0.1) is 0 Å². The Morgan fingerprint density at radius 2 is 1.84 bits per heavy atom. The number of rotatable bonds is 7. The molecule has 5 heteroatoms. The molecule has 1 unspecified atom stereocenters. The van der Waals surface area contributed by atoms with Crippen molar-refractivity contribution in [2.75, 3.05) is 0 Å². The van der Waals surface area contributed by atoms with Crippen molar-refractivity contribution in [1.82, 2.24) is 9.88 Å². The van der Waals surface area contributed by atoms with Gasteiger partial charge in [0.05, 0.1) is 11.6 Å². The number of carbonyl (C=O) groups excluding carboxylic acids is 2. The smallest absolute Gasteiger partial charge is 0.290 e. The topological polar surface area (TPSA) is 70.5 Å². The Bertz CT molecular complexity index is 1170. The van der Waals surface area contributed by atoms with Gasteiger partial charge in [-0.25, -0.2) is 0 Å². The van der Waals surface area contributed by atoms with Crippen LogP contribution in [0.5, 0.6) is 0 Å². The summed E-state index contributed by atoms with van der Waals surface area (Å²) in [5.41, 5.74) is 5.03. The molecule has 0 saturated carbocycles. The van der Waals surface area contributed by atoms with Gasteiger partial charge in [-0.05, 0) is 48.6 Å².